The highest BCUT2D eigenvalue weighted by atomic mass is 16.5. The number of nitrogens with one attached hydrogen (secondary N) is 1. The molecule has 1 amide bonds. The van der Waals surface area contributed by atoms with Crippen molar-refractivity contribution in [2.24, 2.45) is 0 Å². The first-order valence-electron chi connectivity index (χ1n) is 7.08. The monoisotopic (exact) mass is 277 g/mol. The highest BCUT2D eigenvalue weighted by Crippen LogP contribution is 2.21. The molecule has 1 rings (SSSR count). The zero-order valence-electron chi connectivity index (χ0n) is 12.6. The minimum Gasteiger partial charge on any atom is -0.480 e. The van der Waals surface area contributed by atoms with Crippen LogP contribution in [0.15, 0.2) is 24.3 Å². The van der Waals surface area contributed by atoms with Crippen LogP contribution in [0.4, 0.5) is 0 Å². The number of ketones is 1. The van der Waals surface area contributed by atoms with E-state index in [4.69, 9.17) is 4.74 Å². The van der Waals surface area contributed by atoms with Gasteiger partial charge in [0.2, 0.25) is 0 Å². The van der Waals surface area contributed by atoms with Gasteiger partial charge in [0, 0.05) is 12.5 Å². The summed E-state index contributed by atoms with van der Waals surface area (Å²) >= 11 is 0. The van der Waals surface area contributed by atoms with Crippen molar-refractivity contribution in [3.63, 3.8) is 0 Å². The zero-order chi connectivity index (χ0) is 15.1. The van der Waals surface area contributed by atoms with Crippen LogP contribution in [0, 0.1) is 0 Å². The van der Waals surface area contributed by atoms with Gasteiger partial charge in [0.25, 0.3) is 5.91 Å². The van der Waals surface area contributed by atoms with Crippen LogP contribution in [-0.2, 0) is 4.79 Å². The largest absolute Gasteiger partial charge is 0.480 e. The maximum absolute atomic E-state index is 11.9. The van der Waals surface area contributed by atoms with Gasteiger partial charge >= 0.3 is 0 Å². The quantitative estimate of drug-likeness (QED) is 0.780. The number of ether oxygens (including phenoxy) is 1. The fraction of sp³-hybridized carbons (Fsp3) is 0.500. The van der Waals surface area contributed by atoms with Crippen LogP contribution in [0.2, 0.25) is 0 Å². The van der Waals surface area contributed by atoms with Crippen molar-refractivity contribution in [3.05, 3.63) is 29.8 Å². The lowest BCUT2D eigenvalue weighted by molar-refractivity contribution is -0.127. The molecule has 0 aliphatic heterocycles. The normalized spacial score (nSPS) is 13.4. The molecule has 1 N–H and O–H groups in total. The number of para-hydroxylation sites is 1. The summed E-state index contributed by atoms with van der Waals surface area (Å²) in [5.41, 5.74) is 0.526. The molecule has 1 aromatic rings. The Balaban J connectivity index is 2.78. The van der Waals surface area contributed by atoms with Crippen LogP contribution in [-0.4, -0.2) is 23.8 Å². The fourth-order valence-electron chi connectivity index (χ4n) is 1.70. The average Bonchev–Trinajstić information content (AvgIpc) is 2.46. The van der Waals surface area contributed by atoms with Crippen LogP contribution in [0.25, 0.3) is 0 Å². The van der Waals surface area contributed by atoms with E-state index in [1.165, 1.54) is 0 Å². The third kappa shape index (κ3) is 4.37. The zero-order valence-corrected chi connectivity index (χ0v) is 12.6. The second-order valence-electron chi connectivity index (χ2n) is 4.85. The Kier molecular flexibility index (Phi) is 6.22. The molecule has 0 spiro atoms. The van der Waals surface area contributed by atoms with Gasteiger partial charge < -0.3 is 10.1 Å². The van der Waals surface area contributed by atoms with Crippen LogP contribution in [0.3, 0.4) is 0 Å². The summed E-state index contributed by atoms with van der Waals surface area (Å²) < 4.78 is 5.64. The molecule has 110 valence electrons. The minimum absolute atomic E-state index is 0.00938. The third-order valence-corrected chi connectivity index (χ3v) is 3.18. The molecular weight excluding hydrogens is 254 g/mol. The Morgan fingerprint density at radius 2 is 1.85 bits per heavy atom. The SMILES string of the molecule is CCC(=O)c1ccccc1OC(C)C(=O)NC(C)CC. The van der Waals surface area contributed by atoms with E-state index in [-0.39, 0.29) is 17.7 Å². The summed E-state index contributed by atoms with van der Waals surface area (Å²) in [6, 6.07) is 7.14. The summed E-state index contributed by atoms with van der Waals surface area (Å²) in [5.74, 6) is 0.305. The summed E-state index contributed by atoms with van der Waals surface area (Å²) in [6.07, 6.45) is 0.645. The van der Waals surface area contributed by atoms with Crippen molar-refractivity contribution in [2.75, 3.05) is 0 Å². The molecule has 4 heteroatoms. The van der Waals surface area contributed by atoms with E-state index in [1.807, 2.05) is 13.8 Å². The molecule has 0 saturated carbocycles. The number of carbonyl (C=O) groups is 2. The van der Waals surface area contributed by atoms with E-state index in [0.29, 0.717) is 17.7 Å². The van der Waals surface area contributed by atoms with Crippen molar-refractivity contribution in [1.82, 2.24) is 5.32 Å². The van der Waals surface area contributed by atoms with Gasteiger partial charge in [-0.3, -0.25) is 9.59 Å². The summed E-state index contributed by atoms with van der Waals surface area (Å²) in [5, 5.41) is 2.86. The molecule has 0 aromatic heterocycles. The second kappa shape index (κ2) is 7.68. The Labute approximate surface area is 120 Å². The maximum atomic E-state index is 11.9. The molecular formula is C16H23NO3. The van der Waals surface area contributed by atoms with Crippen molar-refractivity contribution < 1.29 is 14.3 Å². The fourth-order valence-corrected chi connectivity index (χ4v) is 1.70. The van der Waals surface area contributed by atoms with Gasteiger partial charge in [-0.25, -0.2) is 0 Å². The highest BCUT2D eigenvalue weighted by Gasteiger charge is 2.19. The van der Waals surface area contributed by atoms with Crippen molar-refractivity contribution in [2.45, 2.75) is 52.7 Å². The van der Waals surface area contributed by atoms with E-state index >= 15 is 0 Å². The minimum atomic E-state index is -0.630. The van der Waals surface area contributed by atoms with E-state index in [1.54, 1.807) is 38.1 Å². The lowest BCUT2D eigenvalue weighted by Gasteiger charge is -2.19. The Hall–Kier alpha value is -1.84. The molecule has 0 saturated heterocycles. The molecule has 0 radical (unpaired) electrons. The first-order chi connectivity index (χ1) is 9.49. The van der Waals surface area contributed by atoms with Gasteiger partial charge in [-0.05, 0) is 32.4 Å². The van der Waals surface area contributed by atoms with Gasteiger partial charge in [0.15, 0.2) is 11.9 Å². The highest BCUT2D eigenvalue weighted by molar-refractivity contribution is 5.98. The third-order valence-electron chi connectivity index (χ3n) is 3.18. The van der Waals surface area contributed by atoms with E-state index < -0.39 is 6.10 Å². The van der Waals surface area contributed by atoms with Crippen LogP contribution in [0.5, 0.6) is 5.75 Å². The first-order valence-corrected chi connectivity index (χ1v) is 7.08. The van der Waals surface area contributed by atoms with Crippen LogP contribution < -0.4 is 10.1 Å². The number of hydrogen-bond donors (Lipinski definition) is 1. The van der Waals surface area contributed by atoms with Crippen molar-refractivity contribution >= 4 is 11.7 Å². The summed E-state index contributed by atoms with van der Waals surface area (Å²) in [4.78, 5) is 23.8. The van der Waals surface area contributed by atoms with Crippen molar-refractivity contribution in [3.8, 4) is 5.75 Å². The molecule has 20 heavy (non-hydrogen) atoms. The molecule has 1 aromatic carbocycles. The van der Waals surface area contributed by atoms with Gasteiger partial charge in [-0.1, -0.05) is 26.0 Å². The summed E-state index contributed by atoms with van der Waals surface area (Å²) in [7, 11) is 0. The number of rotatable bonds is 7. The maximum Gasteiger partial charge on any atom is 0.260 e. The standard InChI is InChI=1S/C16H23NO3/c1-5-11(3)17-16(19)12(4)20-15-10-8-7-9-13(15)14(18)6-2/h7-12H,5-6H2,1-4H3,(H,17,19). The molecule has 0 fully saturated rings. The van der Waals surface area contributed by atoms with Crippen LogP contribution in [0.1, 0.15) is 50.9 Å². The molecule has 2 unspecified atom stereocenters. The Morgan fingerprint density at radius 3 is 2.45 bits per heavy atom. The van der Waals surface area contributed by atoms with Gasteiger partial charge in [-0.2, -0.15) is 0 Å². The van der Waals surface area contributed by atoms with Crippen LogP contribution >= 0.6 is 0 Å². The first kappa shape index (κ1) is 16.2. The average molecular weight is 277 g/mol. The second-order valence-corrected chi connectivity index (χ2v) is 4.85. The van der Waals surface area contributed by atoms with E-state index in [0.717, 1.165) is 6.42 Å². The van der Waals surface area contributed by atoms with E-state index in [9.17, 15) is 9.59 Å². The molecule has 0 aliphatic carbocycles. The Bertz CT molecular complexity index is 471. The topological polar surface area (TPSA) is 55.4 Å². The molecule has 4 nitrogen and oxygen atoms in total. The van der Waals surface area contributed by atoms with Crippen molar-refractivity contribution in [1.29, 1.82) is 0 Å². The molecule has 0 heterocycles. The van der Waals surface area contributed by atoms with E-state index in [2.05, 4.69) is 5.32 Å². The predicted octanol–water partition coefficient (Wildman–Crippen LogP) is 2.96. The molecule has 0 bridgehead atoms. The Morgan fingerprint density at radius 1 is 1.20 bits per heavy atom. The lowest BCUT2D eigenvalue weighted by Crippen LogP contribution is -2.41. The van der Waals surface area contributed by atoms with Gasteiger partial charge in [0.05, 0.1) is 5.56 Å². The smallest absolute Gasteiger partial charge is 0.260 e. The number of hydrogen-bond acceptors (Lipinski definition) is 3. The lowest BCUT2D eigenvalue weighted by atomic mass is 10.1. The number of carbonyl (C=O) groups excluding carboxylic acids is 2. The summed E-state index contributed by atoms with van der Waals surface area (Å²) in [6.45, 7) is 7.44. The number of Topliss-reactive ketones (excluding diaryl/α,β-unsaturated/α-hetero) is 1. The molecule has 2 atom stereocenters. The van der Waals surface area contributed by atoms with Gasteiger partial charge in [0.1, 0.15) is 5.75 Å². The molecule has 0 aliphatic rings. The number of benzene rings is 1. The van der Waals surface area contributed by atoms with Gasteiger partial charge in [-0.15, -0.1) is 0 Å². The predicted molar refractivity (Wildman–Crippen MR) is 79.0 cm³/mol. The number of amides is 1.